The highest BCUT2D eigenvalue weighted by Crippen LogP contribution is 2.31. The predicted octanol–water partition coefficient (Wildman–Crippen LogP) is 4.36. The van der Waals surface area contributed by atoms with E-state index < -0.39 is 0 Å². The Balaban J connectivity index is 2.49. The number of hydrogen-bond donors (Lipinski definition) is 0. The van der Waals surface area contributed by atoms with E-state index in [9.17, 15) is 0 Å². The first kappa shape index (κ1) is 11.5. The number of benzene rings is 2. The van der Waals surface area contributed by atoms with Gasteiger partial charge in [0.05, 0.1) is 6.61 Å². The molecule has 0 saturated heterocycles. The van der Waals surface area contributed by atoms with Crippen molar-refractivity contribution in [1.82, 2.24) is 0 Å². The van der Waals surface area contributed by atoms with Gasteiger partial charge >= 0.3 is 0 Å². The second kappa shape index (κ2) is 5.34. The summed E-state index contributed by atoms with van der Waals surface area (Å²) in [6.45, 7) is 2.70. The molecule has 0 saturated carbocycles. The van der Waals surface area contributed by atoms with Crippen molar-refractivity contribution < 1.29 is 4.74 Å². The minimum absolute atomic E-state index is 0.695. The maximum absolute atomic E-state index is 5.64. The molecule has 0 spiro atoms. The lowest BCUT2D eigenvalue weighted by Crippen LogP contribution is -1.94. The predicted molar refractivity (Wildman–Crippen MR) is 75.8 cm³/mol. The highest BCUT2D eigenvalue weighted by atomic mass is 127. The Labute approximate surface area is 110 Å². The van der Waals surface area contributed by atoms with Crippen LogP contribution in [0.1, 0.15) is 6.92 Å². The summed E-state index contributed by atoms with van der Waals surface area (Å²) in [5.41, 5.74) is 2.36. The van der Waals surface area contributed by atoms with Crippen molar-refractivity contribution in [1.29, 1.82) is 0 Å². The topological polar surface area (TPSA) is 9.23 Å². The van der Waals surface area contributed by atoms with Crippen LogP contribution in [0, 0.1) is 3.57 Å². The second-order valence-corrected chi connectivity index (χ2v) is 4.69. The fourth-order valence-electron chi connectivity index (χ4n) is 1.63. The molecular weight excluding hydrogens is 311 g/mol. The van der Waals surface area contributed by atoms with Gasteiger partial charge in [-0.05, 0) is 53.3 Å². The van der Waals surface area contributed by atoms with Gasteiger partial charge < -0.3 is 4.74 Å². The Morgan fingerprint density at radius 3 is 2.50 bits per heavy atom. The molecule has 0 heterocycles. The molecule has 0 unspecified atom stereocenters. The van der Waals surface area contributed by atoms with Crippen LogP contribution in [0.25, 0.3) is 11.1 Å². The summed E-state index contributed by atoms with van der Waals surface area (Å²) in [6, 6.07) is 16.6. The van der Waals surface area contributed by atoms with Gasteiger partial charge in [-0.1, -0.05) is 30.3 Å². The van der Waals surface area contributed by atoms with E-state index in [0.717, 1.165) is 11.3 Å². The van der Waals surface area contributed by atoms with Gasteiger partial charge in [0.1, 0.15) is 5.75 Å². The van der Waals surface area contributed by atoms with Gasteiger partial charge in [-0.3, -0.25) is 0 Å². The van der Waals surface area contributed by atoms with Gasteiger partial charge in [0.2, 0.25) is 0 Å². The smallest absolute Gasteiger partial charge is 0.127 e. The van der Waals surface area contributed by atoms with E-state index in [1.54, 1.807) is 0 Å². The molecule has 0 radical (unpaired) electrons. The van der Waals surface area contributed by atoms with Gasteiger partial charge in [-0.15, -0.1) is 0 Å². The SMILES string of the molecule is CCOc1ccc(I)cc1-c1ccccc1. The zero-order chi connectivity index (χ0) is 11.4. The number of hydrogen-bond acceptors (Lipinski definition) is 1. The summed E-state index contributed by atoms with van der Waals surface area (Å²) in [5.74, 6) is 0.953. The fraction of sp³-hybridized carbons (Fsp3) is 0.143. The molecule has 0 aromatic heterocycles. The van der Waals surface area contributed by atoms with Crippen LogP contribution < -0.4 is 4.74 Å². The van der Waals surface area contributed by atoms with Gasteiger partial charge in [0.15, 0.2) is 0 Å². The van der Waals surface area contributed by atoms with Crippen LogP contribution >= 0.6 is 22.6 Å². The number of ether oxygens (including phenoxy) is 1. The molecule has 16 heavy (non-hydrogen) atoms. The highest BCUT2D eigenvalue weighted by molar-refractivity contribution is 14.1. The van der Waals surface area contributed by atoms with E-state index in [2.05, 4.69) is 46.9 Å². The number of rotatable bonds is 3. The second-order valence-electron chi connectivity index (χ2n) is 3.44. The standard InChI is InChI=1S/C14H13IO/c1-2-16-14-9-8-12(15)10-13(14)11-6-4-3-5-7-11/h3-10H,2H2,1H3. The summed E-state index contributed by atoms with van der Waals surface area (Å²) in [4.78, 5) is 0. The summed E-state index contributed by atoms with van der Waals surface area (Å²) in [7, 11) is 0. The lowest BCUT2D eigenvalue weighted by Gasteiger charge is -2.10. The minimum Gasteiger partial charge on any atom is -0.493 e. The first-order valence-electron chi connectivity index (χ1n) is 5.29. The Kier molecular flexibility index (Phi) is 3.83. The van der Waals surface area contributed by atoms with Crippen molar-refractivity contribution >= 4 is 22.6 Å². The third kappa shape index (κ3) is 2.55. The normalized spacial score (nSPS) is 10.1. The van der Waals surface area contributed by atoms with Crippen molar-refractivity contribution in [2.75, 3.05) is 6.61 Å². The van der Waals surface area contributed by atoms with Gasteiger partial charge in [-0.25, -0.2) is 0 Å². The monoisotopic (exact) mass is 324 g/mol. The maximum Gasteiger partial charge on any atom is 0.127 e. The van der Waals surface area contributed by atoms with Gasteiger partial charge in [-0.2, -0.15) is 0 Å². The quantitative estimate of drug-likeness (QED) is 0.763. The molecule has 2 aromatic carbocycles. The molecule has 0 bridgehead atoms. The largest absolute Gasteiger partial charge is 0.493 e. The van der Waals surface area contributed by atoms with Crippen LogP contribution in [-0.4, -0.2) is 6.61 Å². The zero-order valence-electron chi connectivity index (χ0n) is 9.11. The Morgan fingerprint density at radius 1 is 1.06 bits per heavy atom. The summed E-state index contributed by atoms with van der Waals surface area (Å²) in [6.07, 6.45) is 0. The fourth-order valence-corrected chi connectivity index (χ4v) is 2.12. The molecule has 0 amide bonds. The van der Waals surface area contributed by atoms with Gasteiger partial charge in [0.25, 0.3) is 0 Å². The molecule has 2 rings (SSSR count). The molecule has 0 aliphatic carbocycles. The molecule has 2 heteroatoms. The van der Waals surface area contributed by atoms with Crippen LogP contribution in [0.3, 0.4) is 0 Å². The third-order valence-electron chi connectivity index (χ3n) is 2.33. The molecule has 82 valence electrons. The Morgan fingerprint density at radius 2 is 1.81 bits per heavy atom. The van der Waals surface area contributed by atoms with E-state index in [0.29, 0.717) is 6.61 Å². The van der Waals surface area contributed by atoms with E-state index >= 15 is 0 Å². The molecule has 0 fully saturated rings. The summed E-state index contributed by atoms with van der Waals surface area (Å²) >= 11 is 2.32. The molecule has 0 atom stereocenters. The van der Waals surface area contributed by atoms with E-state index in [4.69, 9.17) is 4.74 Å². The van der Waals surface area contributed by atoms with Crippen LogP contribution in [0.2, 0.25) is 0 Å². The molecular formula is C14H13IO. The molecule has 0 aliphatic heterocycles. The van der Waals surface area contributed by atoms with Crippen molar-refractivity contribution in [3.05, 3.63) is 52.1 Å². The summed E-state index contributed by atoms with van der Waals surface area (Å²) < 4.78 is 6.87. The molecule has 0 aliphatic rings. The van der Waals surface area contributed by atoms with Crippen molar-refractivity contribution in [2.24, 2.45) is 0 Å². The maximum atomic E-state index is 5.64. The van der Waals surface area contributed by atoms with Crippen LogP contribution in [0.5, 0.6) is 5.75 Å². The van der Waals surface area contributed by atoms with Gasteiger partial charge in [0, 0.05) is 9.13 Å². The average Bonchev–Trinajstić information content (AvgIpc) is 2.33. The van der Waals surface area contributed by atoms with Crippen molar-refractivity contribution in [3.8, 4) is 16.9 Å². The Hall–Kier alpha value is -1.03. The van der Waals surface area contributed by atoms with Crippen LogP contribution in [-0.2, 0) is 0 Å². The van der Waals surface area contributed by atoms with Crippen LogP contribution in [0.4, 0.5) is 0 Å². The lowest BCUT2D eigenvalue weighted by molar-refractivity contribution is 0.341. The minimum atomic E-state index is 0.695. The average molecular weight is 324 g/mol. The number of halogens is 1. The molecule has 2 aromatic rings. The van der Waals surface area contributed by atoms with Crippen molar-refractivity contribution in [3.63, 3.8) is 0 Å². The molecule has 1 nitrogen and oxygen atoms in total. The summed E-state index contributed by atoms with van der Waals surface area (Å²) in [5, 5.41) is 0. The zero-order valence-corrected chi connectivity index (χ0v) is 11.3. The van der Waals surface area contributed by atoms with E-state index in [-0.39, 0.29) is 0 Å². The lowest BCUT2D eigenvalue weighted by atomic mass is 10.1. The highest BCUT2D eigenvalue weighted by Gasteiger charge is 2.05. The first-order chi connectivity index (χ1) is 7.81. The van der Waals surface area contributed by atoms with E-state index in [1.807, 2.05) is 31.2 Å². The Bertz CT molecular complexity index is 465. The van der Waals surface area contributed by atoms with Crippen LogP contribution in [0.15, 0.2) is 48.5 Å². The van der Waals surface area contributed by atoms with Crippen molar-refractivity contribution in [2.45, 2.75) is 6.92 Å². The third-order valence-corrected chi connectivity index (χ3v) is 3.00. The first-order valence-corrected chi connectivity index (χ1v) is 6.37. The van der Waals surface area contributed by atoms with E-state index in [1.165, 1.54) is 9.13 Å². The molecule has 0 N–H and O–H groups in total.